The highest BCUT2D eigenvalue weighted by Crippen LogP contribution is 2.52. The predicted octanol–water partition coefficient (Wildman–Crippen LogP) is 26.4. The molecule has 0 aliphatic rings. The summed E-state index contributed by atoms with van der Waals surface area (Å²) in [6, 6.07) is 14.1. The second-order valence-corrected chi connectivity index (χ2v) is 23.1. The molecule has 32 heteroatoms. The van der Waals surface area contributed by atoms with Gasteiger partial charge in [0.05, 0.1) is 77.7 Å². The van der Waals surface area contributed by atoms with Crippen LogP contribution in [0.25, 0.3) is 111 Å². The van der Waals surface area contributed by atoms with Crippen molar-refractivity contribution in [2.45, 2.75) is 61.8 Å². The van der Waals surface area contributed by atoms with Crippen molar-refractivity contribution < 1.29 is 132 Å². The Kier molecular flexibility index (Phi) is 16.6. The van der Waals surface area contributed by atoms with Gasteiger partial charge in [-0.05, 0) is 165 Å². The first-order valence-corrected chi connectivity index (χ1v) is 28.6. The predicted molar refractivity (Wildman–Crippen MR) is 312 cm³/mol. The van der Waals surface area contributed by atoms with E-state index < -0.39 is 206 Å². The molecule has 0 aliphatic heterocycles. The third-order valence-electron chi connectivity index (χ3n) is 16.8. The molecule has 0 saturated heterocycles. The molecule has 0 fully saturated rings. The van der Waals surface area contributed by atoms with E-state index in [0.29, 0.717) is 48.5 Å². The van der Waals surface area contributed by atoms with Crippen LogP contribution in [0.2, 0.25) is 0 Å². The van der Waals surface area contributed by atoms with Crippen molar-refractivity contribution in [2.75, 3.05) is 0 Å². The SMILES string of the molecule is FC(F)(F)c1ccc(-c2ccc3c4ccc(-c5ccc(C(F)(F)F)cc5C(F)(F)F)cc4n(-c4ccc(C(F)(F)F)c(-c5cc(-n6c7cc(-c8ccc(C(F)(F)F)cc8C(F)(F)F)ccc7c7ccc(-c8ccc(C(F)(F)F)cc8C(F)(F)F)cc76)ccc5C(F)(F)F)c4)c3c2)c(C(F)(F)F)c1. The number of fused-ring (bicyclic) bond motifs is 6. The second kappa shape index (κ2) is 23.6. The Balaban J connectivity index is 1.17. The molecule has 0 unspecified atom stereocenters. The standard InChI is InChI=1S/C70H30F30N2/c71-61(72,73)35-5-15-41(53(25-35)67(89,90)91)31-1-11-45-46-12-2-32(42-16-6-36(62(74,75)76)26-54(42)68(92,93)94)22-58(46)101(57(45)21-31)39-9-19-51(65(83,84)85)49(29-39)50-30-40(10-20-52(50)66(86,87)88)102-59-23-33(43-17-7-37(63(77,78)79)27-55(43)69(95,96)97)3-13-47(59)48-14-4-34(24-60(48)102)44-18-8-38(64(80,81)82)28-56(44)70(98,99)100/h1-30H. The third kappa shape index (κ3) is 13.1. The van der Waals surface area contributed by atoms with Gasteiger partial charge >= 0.3 is 61.8 Å². The van der Waals surface area contributed by atoms with Gasteiger partial charge in [0.15, 0.2) is 0 Å². The molecule has 0 bridgehead atoms. The summed E-state index contributed by atoms with van der Waals surface area (Å²) in [7, 11) is 0. The van der Waals surface area contributed by atoms with Crippen LogP contribution in [0.5, 0.6) is 0 Å². The first-order valence-electron chi connectivity index (χ1n) is 28.6. The van der Waals surface area contributed by atoms with Gasteiger partial charge in [-0.15, -0.1) is 0 Å². The topological polar surface area (TPSA) is 9.86 Å². The fraction of sp³-hybridized carbons (Fsp3) is 0.143. The van der Waals surface area contributed by atoms with E-state index in [9.17, 15) is 105 Å². The summed E-state index contributed by atoms with van der Waals surface area (Å²) in [6.07, 6.45) is -55.5. The normalized spacial score (nSPS) is 13.6. The molecular weight excluding hydrogens is 1440 g/mol. The van der Waals surface area contributed by atoms with Gasteiger partial charge in [0.25, 0.3) is 0 Å². The molecule has 12 rings (SSSR count). The Morgan fingerprint density at radius 2 is 0.373 bits per heavy atom. The van der Waals surface area contributed by atoms with Crippen LogP contribution in [0, 0.1) is 0 Å². The maximum Gasteiger partial charge on any atom is 0.417 e. The third-order valence-corrected chi connectivity index (χ3v) is 16.8. The maximum atomic E-state index is 15.8. The molecule has 0 amide bonds. The smallest absolute Gasteiger partial charge is 0.309 e. The lowest BCUT2D eigenvalue weighted by molar-refractivity contribution is -0.144. The molecule has 0 aliphatic carbocycles. The van der Waals surface area contributed by atoms with Crippen LogP contribution in [0.15, 0.2) is 182 Å². The molecule has 2 aromatic heterocycles. The first kappa shape index (κ1) is 71.5. The molecule has 0 N–H and O–H groups in total. The minimum atomic E-state index is -5.78. The number of nitrogens with zero attached hydrogens (tertiary/aromatic N) is 2. The van der Waals surface area contributed by atoms with Crippen LogP contribution in [0.1, 0.15) is 55.6 Å². The van der Waals surface area contributed by atoms with Gasteiger partial charge < -0.3 is 9.13 Å². The van der Waals surface area contributed by atoms with Crippen LogP contribution in [0.4, 0.5) is 132 Å². The summed E-state index contributed by atoms with van der Waals surface area (Å²) in [5.74, 6) is 0. The van der Waals surface area contributed by atoms with Crippen molar-refractivity contribution in [3.8, 4) is 67.0 Å². The van der Waals surface area contributed by atoms with Gasteiger partial charge in [0, 0.05) is 32.9 Å². The maximum absolute atomic E-state index is 15.8. The van der Waals surface area contributed by atoms with Gasteiger partial charge in [0.1, 0.15) is 0 Å². The number of alkyl halides is 30. The van der Waals surface area contributed by atoms with Crippen LogP contribution in [-0.4, -0.2) is 9.13 Å². The van der Waals surface area contributed by atoms with Crippen molar-refractivity contribution in [3.05, 3.63) is 238 Å². The summed E-state index contributed by atoms with van der Waals surface area (Å²) < 4.78 is 441. The average molecular weight is 1470 g/mol. The zero-order valence-electron chi connectivity index (χ0n) is 49.6. The Hall–Kier alpha value is -10.3. The van der Waals surface area contributed by atoms with E-state index in [1.54, 1.807) is 0 Å². The van der Waals surface area contributed by atoms with Gasteiger partial charge in [0.2, 0.25) is 0 Å². The molecule has 0 spiro atoms. The van der Waals surface area contributed by atoms with Gasteiger partial charge in [-0.1, -0.05) is 72.8 Å². The summed E-state index contributed by atoms with van der Waals surface area (Å²) in [5, 5.41) is -0.866. The highest BCUT2D eigenvalue weighted by atomic mass is 19.4. The van der Waals surface area contributed by atoms with E-state index in [0.717, 1.165) is 81.9 Å². The lowest BCUT2D eigenvalue weighted by Gasteiger charge is -2.21. The molecule has 0 saturated carbocycles. The molecule has 102 heavy (non-hydrogen) atoms. The number of rotatable bonds is 7. The number of hydrogen-bond donors (Lipinski definition) is 0. The Bertz CT molecular complexity index is 4760. The van der Waals surface area contributed by atoms with Crippen molar-refractivity contribution in [3.63, 3.8) is 0 Å². The fourth-order valence-electron chi connectivity index (χ4n) is 12.4. The molecule has 2 nitrogen and oxygen atoms in total. The van der Waals surface area contributed by atoms with Crippen LogP contribution in [0.3, 0.4) is 0 Å². The van der Waals surface area contributed by atoms with E-state index in [2.05, 4.69) is 0 Å². The van der Waals surface area contributed by atoms with E-state index in [-0.39, 0.29) is 82.2 Å². The van der Waals surface area contributed by atoms with Crippen molar-refractivity contribution in [2.24, 2.45) is 0 Å². The molecule has 10 aromatic carbocycles. The zero-order valence-corrected chi connectivity index (χ0v) is 49.6. The number of hydrogen-bond acceptors (Lipinski definition) is 0. The molecule has 0 radical (unpaired) electrons. The van der Waals surface area contributed by atoms with Crippen molar-refractivity contribution in [1.82, 2.24) is 9.13 Å². The molecule has 12 aromatic rings. The summed E-state index contributed by atoms with van der Waals surface area (Å²) in [5.41, 5.74) is -32.4. The molecular formula is C70H30F30N2. The molecule has 2 heterocycles. The largest absolute Gasteiger partial charge is 0.417 e. The lowest BCUT2D eigenvalue weighted by atomic mass is 9.93. The van der Waals surface area contributed by atoms with Gasteiger partial charge in [-0.2, -0.15) is 132 Å². The Morgan fingerprint density at radius 3 is 0.559 bits per heavy atom. The summed E-state index contributed by atoms with van der Waals surface area (Å²) in [4.78, 5) is 0. The average Bonchev–Trinajstić information content (AvgIpc) is 1.55. The highest BCUT2D eigenvalue weighted by Gasteiger charge is 2.45. The van der Waals surface area contributed by atoms with Crippen molar-refractivity contribution >= 4 is 43.6 Å². The minimum absolute atomic E-state index is 0.141. The summed E-state index contributed by atoms with van der Waals surface area (Å²) >= 11 is 0. The Labute approximate surface area is 549 Å². The number of benzene rings is 10. The highest BCUT2D eigenvalue weighted by molar-refractivity contribution is 6.13. The molecule has 0 atom stereocenters. The van der Waals surface area contributed by atoms with Gasteiger partial charge in [-0.25, -0.2) is 0 Å². The monoisotopic (exact) mass is 1470 g/mol. The van der Waals surface area contributed by atoms with Crippen LogP contribution in [-0.2, 0) is 61.8 Å². The van der Waals surface area contributed by atoms with Gasteiger partial charge in [-0.3, -0.25) is 0 Å². The van der Waals surface area contributed by atoms with E-state index in [4.69, 9.17) is 0 Å². The summed E-state index contributed by atoms with van der Waals surface area (Å²) in [6.45, 7) is 0. The van der Waals surface area contributed by atoms with E-state index >= 15 is 26.3 Å². The van der Waals surface area contributed by atoms with E-state index in [1.165, 1.54) is 0 Å². The van der Waals surface area contributed by atoms with Crippen LogP contribution >= 0.6 is 0 Å². The Morgan fingerprint density at radius 1 is 0.167 bits per heavy atom. The number of halogens is 30. The first-order chi connectivity index (χ1) is 46.9. The minimum Gasteiger partial charge on any atom is -0.309 e. The molecule has 530 valence electrons. The fourth-order valence-corrected chi connectivity index (χ4v) is 12.4. The second-order valence-electron chi connectivity index (χ2n) is 23.1. The van der Waals surface area contributed by atoms with Crippen molar-refractivity contribution in [1.29, 1.82) is 0 Å². The van der Waals surface area contributed by atoms with Crippen LogP contribution < -0.4 is 0 Å². The zero-order chi connectivity index (χ0) is 74.7. The number of aromatic nitrogens is 2. The quantitative estimate of drug-likeness (QED) is 0.141. The lowest BCUT2D eigenvalue weighted by Crippen LogP contribution is -2.13. The van der Waals surface area contributed by atoms with E-state index in [1.807, 2.05) is 0 Å².